The number of hydrogen-bond donors (Lipinski definition) is 2. The number of amides is 2. The fourth-order valence-corrected chi connectivity index (χ4v) is 1.93. The van der Waals surface area contributed by atoms with E-state index in [2.05, 4.69) is 10.6 Å². The summed E-state index contributed by atoms with van der Waals surface area (Å²) in [5, 5.41) is 4.73. The van der Waals surface area contributed by atoms with Gasteiger partial charge in [-0.05, 0) is 24.6 Å². The second-order valence-electron chi connectivity index (χ2n) is 5.17. The third-order valence-corrected chi connectivity index (χ3v) is 3.30. The molecule has 0 spiro atoms. The highest BCUT2D eigenvalue weighted by atomic mass is 19.2. The minimum atomic E-state index is -1.73. The predicted octanol–water partition coefficient (Wildman–Crippen LogP) is 2.46. The van der Waals surface area contributed by atoms with Crippen molar-refractivity contribution in [1.29, 1.82) is 0 Å². The lowest BCUT2D eigenvalue weighted by Gasteiger charge is -2.08. The number of nitrogens with one attached hydrogen (secondary N) is 2. The smallest absolute Gasteiger partial charge is 0.254 e. The topological polar surface area (TPSA) is 58.2 Å². The molecule has 2 N–H and O–H groups in total. The molecule has 0 bridgehead atoms. The molecule has 2 aromatic carbocycles. The number of halogens is 3. The maximum atomic E-state index is 13.5. The summed E-state index contributed by atoms with van der Waals surface area (Å²) in [6, 6.07) is 8.96. The van der Waals surface area contributed by atoms with Crippen molar-refractivity contribution in [3.8, 4) is 0 Å². The van der Waals surface area contributed by atoms with Gasteiger partial charge in [0.25, 0.3) is 5.91 Å². The number of hydrogen-bond acceptors (Lipinski definition) is 2. The van der Waals surface area contributed by atoms with Gasteiger partial charge in [0.15, 0.2) is 17.5 Å². The summed E-state index contributed by atoms with van der Waals surface area (Å²) < 4.78 is 39.4. The highest BCUT2D eigenvalue weighted by Gasteiger charge is 2.19. The van der Waals surface area contributed by atoms with E-state index in [4.69, 9.17) is 0 Å². The first-order valence-corrected chi connectivity index (χ1v) is 7.12. The zero-order chi connectivity index (χ0) is 17.7. The van der Waals surface area contributed by atoms with Crippen LogP contribution in [0.15, 0.2) is 36.4 Å². The summed E-state index contributed by atoms with van der Waals surface area (Å²) in [6.45, 7) is 1.80. The van der Waals surface area contributed by atoms with Gasteiger partial charge in [-0.15, -0.1) is 0 Å². The van der Waals surface area contributed by atoms with E-state index >= 15 is 0 Å². The highest BCUT2D eigenvalue weighted by molar-refractivity contribution is 5.96. The molecule has 0 aromatic heterocycles. The Morgan fingerprint density at radius 2 is 1.58 bits per heavy atom. The molecule has 0 heterocycles. The lowest BCUT2D eigenvalue weighted by molar-refractivity contribution is -0.120. The molecule has 2 amide bonds. The summed E-state index contributed by atoms with van der Waals surface area (Å²) in [5.74, 6) is -6.21. The van der Waals surface area contributed by atoms with Crippen LogP contribution in [-0.2, 0) is 11.3 Å². The van der Waals surface area contributed by atoms with E-state index in [-0.39, 0.29) is 6.54 Å². The standard InChI is InChI=1S/C17H15F3N2O2/c1-10-2-4-11(5-3-10)8-21-14(23)9-22-17(24)12-6-7-13(18)16(20)15(12)19/h2-7H,8-9H2,1H3,(H,21,23)(H,22,24). The SMILES string of the molecule is Cc1ccc(CNC(=O)CNC(=O)c2ccc(F)c(F)c2F)cc1. The molecule has 0 saturated heterocycles. The Hall–Kier alpha value is -2.83. The number of benzene rings is 2. The Morgan fingerprint density at radius 3 is 2.25 bits per heavy atom. The van der Waals surface area contributed by atoms with Gasteiger partial charge in [-0.1, -0.05) is 29.8 Å². The Labute approximate surface area is 136 Å². The Kier molecular flexibility index (Phi) is 5.57. The van der Waals surface area contributed by atoms with E-state index in [1.54, 1.807) is 0 Å². The first kappa shape index (κ1) is 17.5. The van der Waals surface area contributed by atoms with Gasteiger partial charge < -0.3 is 10.6 Å². The molecule has 0 fully saturated rings. The first-order chi connectivity index (χ1) is 11.4. The van der Waals surface area contributed by atoms with Crippen LogP contribution >= 0.6 is 0 Å². The van der Waals surface area contributed by atoms with Crippen molar-refractivity contribution in [3.63, 3.8) is 0 Å². The van der Waals surface area contributed by atoms with Crippen LogP contribution in [-0.4, -0.2) is 18.4 Å². The van der Waals surface area contributed by atoms with Crippen LogP contribution in [0.1, 0.15) is 21.5 Å². The molecule has 2 aromatic rings. The van der Waals surface area contributed by atoms with E-state index in [1.165, 1.54) is 0 Å². The van der Waals surface area contributed by atoms with Crippen molar-refractivity contribution in [1.82, 2.24) is 10.6 Å². The van der Waals surface area contributed by atoms with E-state index in [0.29, 0.717) is 6.07 Å². The lowest BCUT2D eigenvalue weighted by atomic mass is 10.1. The minimum absolute atomic E-state index is 0.272. The number of carbonyl (C=O) groups is 2. The maximum absolute atomic E-state index is 13.5. The molecule has 0 aliphatic carbocycles. The average Bonchev–Trinajstić information content (AvgIpc) is 2.57. The van der Waals surface area contributed by atoms with Gasteiger partial charge >= 0.3 is 0 Å². The van der Waals surface area contributed by atoms with Crippen LogP contribution in [0.4, 0.5) is 13.2 Å². The van der Waals surface area contributed by atoms with Crippen molar-refractivity contribution in [3.05, 3.63) is 70.5 Å². The van der Waals surface area contributed by atoms with Crippen molar-refractivity contribution in [2.24, 2.45) is 0 Å². The van der Waals surface area contributed by atoms with Gasteiger partial charge in [-0.25, -0.2) is 13.2 Å². The molecule has 24 heavy (non-hydrogen) atoms. The van der Waals surface area contributed by atoms with Gasteiger partial charge in [0, 0.05) is 6.54 Å². The largest absolute Gasteiger partial charge is 0.350 e. The maximum Gasteiger partial charge on any atom is 0.254 e. The van der Waals surface area contributed by atoms with Gasteiger partial charge in [-0.2, -0.15) is 0 Å². The fraction of sp³-hybridized carbons (Fsp3) is 0.176. The Morgan fingerprint density at radius 1 is 0.917 bits per heavy atom. The van der Waals surface area contributed by atoms with Crippen LogP contribution in [0.5, 0.6) is 0 Å². The molecule has 0 saturated carbocycles. The van der Waals surface area contributed by atoms with E-state index in [0.717, 1.165) is 17.2 Å². The molecule has 0 unspecified atom stereocenters. The van der Waals surface area contributed by atoms with Crippen LogP contribution < -0.4 is 10.6 Å². The molecule has 0 radical (unpaired) electrons. The van der Waals surface area contributed by atoms with Gasteiger partial charge in [0.2, 0.25) is 5.91 Å². The summed E-state index contributed by atoms with van der Waals surface area (Å²) >= 11 is 0. The van der Waals surface area contributed by atoms with Crippen LogP contribution in [0.3, 0.4) is 0 Å². The zero-order valence-electron chi connectivity index (χ0n) is 12.8. The molecule has 2 rings (SSSR count). The average molecular weight is 336 g/mol. The van der Waals surface area contributed by atoms with Gasteiger partial charge in [0.05, 0.1) is 12.1 Å². The van der Waals surface area contributed by atoms with Crippen molar-refractivity contribution < 1.29 is 22.8 Å². The van der Waals surface area contributed by atoms with Crippen molar-refractivity contribution in [2.75, 3.05) is 6.54 Å². The summed E-state index contributed by atoms with van der Waals surface area (Å²) in [4.78, 5) is 23.4. The molecular formula is C17H15F3N2O2. The lowest BCUT2D eigenvalue weighted by Crippen LogP contribution is -2.37. The van der Waals surface area contributed by atoms with Gasteiger partial charge in [0.1, 0.15) is 0 Å². The Bertz CT molecular complexity index is 761. The van der Waals surface area contributed by atoms with Crippen molar-refractivity contribution >= 4 is 11.8 Å². The third kappa shape index (κ3) is 4.34. The highest BCUT2D eigenvalue weighted by Crippen LogP contribution is 2.14. The van der Waals surface area contributed by atoms with Crippen molar-refractivity contribution in [2.45, 2.75) is 13.5 Å². The van der Waals surface area contributed by atoms with Crippen LogP contribution in [0.2, 0.25) is 0 Å². The molecule has 7 heteroatoms. The predicted molar refractivity (Wildman–Crippen MR) is 81.7 cm³/mol. The normalized spacial score (nSPS) is 10.3. The minimum Gasteiger partial charge on any atom is -0.350 e. The van der Waals surface area contributed by atoms with E-state index in [9.17, 15) is 22.8 Å². The molecule has 0 aliphatic rings. The quantitative estimate of drug-likeness (QED) is 0.824. The summed E-state index contributed by atoms with van der Waals surface area (Å²) in [7, 11) is 0. The number of rotatable bonds is 5. The molecular weight excluding hydrogens is 321 g/mol. The molecule has 0 atom stereocenters. The molecule has 0 aliphatic heterocycles. The number of carbonyl (C=O) groups excluding carboxylic acids is 2. The third-order valence-electron chi connectivity index (χ3n) is 3.30. The Balaban J connectivity index is 1.86. The zero-order valence-corrected chi connectivity index (χ0v) is 12.8. The van der Waals surface area contributed by atoms with Crippen LogP contribution in [0, 0.1) is 24.4 Å². The monoisotopic (exact) mass is 336 g/mol. The molecule has 4 nitrogen and oxygen atoms in total. The van der Waals surface area contributed by atoms with E-state index < -0.39 is 41.4 Å². The second-order valence-corrected chi connectivity index (χ2v) is 5.17. The summed E-state index contributed by atoms with van der Waals surface area (Å²) in [6.07, 6.45) is 0. The van der Waals surface area contributed by atoms with E-state index in [1.807, 2.05) is 31.2 Å². The molecule has 126 valence electrons. The first-order valence-electron chi connectivity index (χ1n) is 7.12. The fourth-order valence-electron chi connectivity index (χ4n) is 1.93. The van der Waals surface area contributed by atoms with Gasteiger partial charge in [-0.3, -0.25) is 9.59 Å². The second kappa shape index (κ2) is 7.63. The summed E-state index contributed by atoms with van der Waals surface area (Å²) in [5.41, 5.74) is 1.30. The van der Waals surface area contributed by atoms with Crippen LogP contribution in [0.25, 0.3) is 0 Å². The number of aryl methyl sites for hydroxylation is 1.